The number of carbonyl (C=O) groups is 1. The van der Waals surface area contributed by atoms with Crippen LogP contribution in [0.5, 0.6) is 11.5 Å². The largest absolute Gasteiger partial charge is 0.486 e. The van der Waals surface area contributed by atoms with Gasteiger partial charge in [0.05, 0.1) is 41.9 Å². The van der Waals surface area contributed by atoms with Crippen LogP contribution in [-0.2, 0) is 6.54 Å². The molecule has 1 saturated heterocycles. The van der Waals surface area contributed by atoms with Gasteiger partial charge in [-0.05, 0) is 35.9 Å². The smallest absolute Gasteiger partial charge is 0.254 e. The second kappa shape index (κ2) is 8.62. The minimum atomic E-state index is 0.0683. The quantitative estimate of drug-likeness (QED) is 0.660. The SMILES string of the molecule is O=C(c1ccc2ncsc2c1)N(CC[NH+]1CCCC1)Cc1ccc2c(c1)OCCO2. The van der Waals surface area contributed by atoms with Crippen LogP contribution < -0.4 is 14.4 Å². The number of likely N-dealkylation sites (tertiary alicyclic amines) is 1. The standard InChI is InChI=1S/C23H25N3O3S/c27-23(18-4-5-19-22(14-18)30-16-24-19)26(10-9-25-7-1-2-8-25)15-17-3-6-20-21(13-17)29-12-11-28-20/h3-6,13-14,16H,1-2,7-12,15H2/p+1. The van der Waals surface area contributed by atoms with E-state index < -0.39 is 0 Å². The average Bonchev–Trinajstić information content (AvgIpc) is 3.47. The summed E-state index contributed by atoms with van der Waals surface area (Å²) in [5, 5.41) is 0. The number of benzene rings is 2. The molecule has 0 saturated carbocycles. The number of ether oxygens (including phenoxy) is 2. The predicted molar refractivity (Wildman–Crippen MR) is 117 cm³/mol. The summed E-state index contributed by atoms with van der Waals surface area (Å²) in [5.41, 5.74) is 4.54. The highest BCUT2D eigenvalue weighted by Gasteiger charge is 2.22. The fourth-order valence-corrected chi connectivity index (χ4v) is 4.96. The molecule has 2 aliphatic heterocycles. The van der Waals surface area contributed by atoms with Crippen LogP contribution in [0.3, 0.4) is 0 Å². The van der Waals surface area contributed by atoms with Crippen molar-refractivity contribution >= 4 is 27.5 Å². The Morgan fingerprint density at radius 3 is 2.77 bits per heavy atom. The van der Waals surface area contributed by atoms with Crippen LogP contribution >= 0.6 is 11.3 Å². The highest BCUT2D eigenvalue weighted by molar-refractivity contribution is 7.16. The number of quaternary nitrogens is 1. The summed E-state index contributed by atoms with van der Waals surface area (Å²) >= 11 is 1.57. The first kappa shape index (κ1) is 19.3. The number of nitrogens with one attached hydrogen (secondary N) is 1. The Balaban J connectivity index is 1.38. The molecule has 1 N–H and O–H groups in total. The van der Waals surface area contributed by atoms with Gasteiger partial charge < -0.3 is 19.3 Å². The molecule has 3 aromatic rings. The normalized spacial score (nSPS) is 16.1. The van der Waals surface area contributed by atoms with Crippen molar-refractivity contribution < 1.29 is 19.2 Å². The third-order valence-corrected chi connectivity index (χ3v) is 6.68. The Morgan fingerprint density at radius 1 is 1.07 bits per heavy atom. The molecule has 5 rings (SSSR count). The summed E-state index contributed by atoms with van der Waals surface area (Å²) in [6.45, 7) is 5.84. The van der Waals surface area contributed by atoms with E-state index in [1.54, 1.807) is 16.2 Å². The van der Waals surface area contributed by atoms with Crippen LogP contribution in [0, 0.1) is 0 Å². The van der Waals surface area contributed by atoms with Crippen LogP contribution in [-0.4, -0.2) is 55.2 Å². The third kappa shape index (κ3) is 4.13. The first-order valence-corrected chi connectivity index (χ1v) is 11.5. The summed E-state index contributed by atoms with van der Waals surface area (Å²) in [6, 6.07) is 11.8. The number of nitrogens with zero attached hydrogens (tertiary/aromatic N) is 2. The lowest BCUT2D eigenvalue weighted by atomic mass is 10.1. The van der Waals surface area contributed by atoms with E-state index in [4.69, 9.17) is 9.47 Å². The number of hydrogen-bond donors (Lipinski definition) is 1. The molecule has 6 nitrogen and oxygen atoms in total. The van der Waals surface area contributed by atoms with Crippen LogP contribution in [0.2, 0.25) is 0 Å². The lowest BCUT2D eigenvalue weighted by molar-refractivity contribution is -0.886. The van der Waals surface area contributed by atoms with Gasteiger partial charge in [0.2, 0.25) is 0 Å². The molecule has 3 heterocycles. The molecular weight excluding hydrogens is 398 g/mol. The van der Waals surface area contributed by atoms with Crippen molar-refractivity contribution in [3.8, 4) is 11.5 Å². The molecule has 30 heavy (non-hydrogen) atoms. The van der Waals surface area contributed by atoms with Crippen molar-refractivity contribution in [2.24, 2.45) is 0 Å². The highest BCUT2D eigenvalue weighted by atomic mass is 32.1. The number of hydrogen-bond acceptors (Lipinski definition) is 5. The molecule has 1 amide bonds. The van der Waals surface area contributed by atoms with Crippen LogP contribution in [0.15, 0.2) is 41.9 Å². The molecule has 0 spiro atoms. The fraction of sp³-hybridized carbons (Fsp3) is 0.391. The number of carbonyl (C=O) groups excluding carboxylic acids is 1. The van der Waals surface area contributed by atoms with E-state index in [9.17, 15) is 4.79 Å². The minimum Gasteiger partial charge on any atom is -0.486 e. The van der Waals surface area contributed by atoms with Crippen molar-refractivity contribution in [1.29, 1.82) is 0 Å². The maximum absolute atomic E-state index is 13.5. The number of fused-ring (bicyclic) bond motifs is 2. The molecule has 7 heteroatoms. The number of thiazole rings is 1. The zero-order chi connectivity index (χ0) is 20.3. The molecule has 0 unspecified atom stereocenters. The predicted octanol–water partition coefficient (Wildman–Crippen LogP) is 2.39. The summed E-state index contributed by atoms with van der Waals surface area (Å²) in [6.07, 6.45) is 2.57. The maximum Gasteiger partial charge on any atom is 0.254 e. The van der Waals surface area contributed by atoms with Gasteiger partial charge in [-0.15, -0.1) is 11.3 Å². The summed E-state index contributed by atoms with van der Waals surface area (Å²) in [4.78, 5) is 21.3. The molecule has 0 aliphatic carbocycles. The van der Waals surface area contributed by atoms with Crippen molar-refractivity contribution in [2.45, 2.75) is 19.4 Å². The zero-order valence-corrected chi connectivity index (χ0v) is 17.7. The van der Waals surface area contributed by atoms with E-state index >= 15 is 0 Å². The lowest BCUT2D eigenvalue weighted by Gasteiger charge is -2.25. The summed E-state index contributed by atoms with van der Waals surface area (Å²) in [7, 11) is 0. The zero-order valence-electron chi connectivity index (χ0n) is 16.9. The molecule has 2 aliphatic rings. The number of aromatic nitrogens is 1. The van der Waals surface area contributed by atoms with E-state index in [-0.39, 0.29) is 5.91 Å². The van der Waals surface area contributed by atoms with Crippen molar-refractivity contribution in [3.63, 3.8) is 0 Å². The summed E-state index contributed by atoms with van der Waals surface area (Å²) < 4.78 is 12.4. The second-order valence-electron chi connectivity index (χ2n) is 7.95. The van der Waals surface area contributed by atoms with Gasteiger partial charge in [0.15, 0.2) is 11.5 Å². The minimum absolute atomic E-state index is 0.0683. The first-order valence-electron chi connectivity index (χ1n) is 10.6. The van der Waals surface area contributed by atoms with Gasteiger partial charge in [-0.25, -0.2) is 4.98 Å². The van der Waals surface area contributed by atoms with E-state index in [0.29, 0.717) is 19.8 Å². The van der Waals surface area contributed by atoms with Gasteiger partial charge in [-0.2, -0.15) is 0 Å². The van der Waals surface area contributed by atoms with E-state index in [1.807, 2.05) is 46.8 Å². The second-order valence-corrected chi connectivity index (χ2v) is 8.83. The Labute approximate surface area is 180 Å². The first-order chi connectivity index (χ1) is 14.8. The van der Waals surface area contributed by atoms with E-state index in [0.717, 1.165) is 45.9 Å². The molecule has 0 atom stereocenters. The number of rotatable bonds is 6. The maximum atomic E-state index is 13.5. The topological polar surface area (TPSA) is 56.1 Å². The van der Waals surface area contributed by atoms with Crippen molar-refractivity contribution in [1.82, 2.24) is 9.88 Å². The van der Waals surface area contributed by atoms with Gasteiger partial charge in [0, 0.05) is 24.9 Å². The van der Waals surface area contributed by atoms with Crippen molar-refractivity contribution in [2.75, 3.05) is 39.4 Å². The molecular formula is C23H26N3O3S+. The van der Waals surface area contributed by atoms with E-state index in [1.165, 1.54) is 25.9 Å². The van der Waals surface area contributed by atoms with Gasteiger partial charge in [-0.3, -0.25) is 4.79 Å². The molecule has 1 aromatic heterocycles. The monoisotopic (exact) mass is 424 g/mol. The average molecular weight is 425 g/mol. The van der Waals surface area contributed by atoms with Gasteiger partial charge in [0.1, 0.15) is 13.2 Å². The van der Waals surface area contributed by atoms with Gasteiger partial charge in [0.25, 0.3) is 5.91 Å². The highest BCUT2D eigenvalue weighted by Crippen LogP contribution is 2.31. The fourth-order valence-electron chi connectivity index (χ4n) is 4.25. The number of amides is 1. The Bertz CT molecular complexity index is 1050. The third-order valence-electron chi connectivity index (χ3n) is 5.89. The van der Waals surface area contributed by atoms with Crippen molar-refractivity contribution in [3.05, 3.63) is 53.0 Å². The van der Waals surface area contributed by atoms with Gasteiger partial charge >= 0.3 is 0 Å². The Morgan fingerprint density at radius 2 is 1.90 bits per heavy atom. The van der Waals surface area contributed by atoms with Crippen LogP contribution in [0.25, 0.3) is 10.2 Å². The Hall–Kier alpha value is -2.64. The van der Waals surface area contributed by atoms with E-state index in [2.05, 4.69) is 4.98 Å². The lowest BCUT2D eigenvalue weighted by Crippen LogP contribution is -3.10. The molecule has 0 bridgehead atoms. The van der Waals surface area contributed by atoms with Crippen LogP contribution in [0.4, 0.5) is 0 Å². The van der Waals surface area contributed by atoms with Gasteiger partial charge in [-0.1, -0.05) is 6.07 Å². The molecule has 2 aromatic carbocycles. The van der Waals surface area contributed by atoms with Crippen LogP contribution in [0.1, 0.15) is 28.8 Å². The Kier molecular flexibility index (Phi) is 5.55. The summed E-state index contributed by atoms with van der Waals surface area (Å²) in [5.74, 6) is 1.61. The molecule has 156 valence electrons. The molecule has 1 fully saturated rings. The molecule has 0 radical (unpaired) electrons.